The van der Waals surface area contributed by atoms with E-state index in [0.29, 0.717) is 23.4 Å². The first-order valence-electron chi connectivity index (χ1n) is 10.6. The molecule has 1 aromatic carbocycles. The van der Waals surface area contributed by atoms with Crippen LogP contribution in [0, 0.1) is 5.92 Å². The number of carbonyl (C=O) groups excluding carboxylic acids is 2. The predicted octanol–water partition coefficient (Wildman–Crippen LogP) is 4.39. The number of hydrogen-bond donors (Lipinski definition) is 1. The van der Waals surface area contributed by atoms with Crippen LogP contribution in [0.1, 0.15) is 62.8 Å². The van der Waals surface area contributed by atoms with Gasteiger partial charge in [0, 0.05) is 29.3 Å². The molecule has 1 saturated carbocycles. The predicted molar refractivity (Wildman–Crippen MR) is 110 cm³/mol. The second-order valence-corrected chi connectivity index (χ2v) is 8.25. The van der Waals surface area contributed by atoms with E-state index in [1.165, 1.54) is 6.42 Å². The van der Waals surface area contributed by atoms with Crippen LogP contribution in [0.5, 0.6) is 5.75 Å². The molecule has 0 spiro atoms. The zero-order valence-electron chi connectivity index (χ0n) is 17.0. The number of rotatable bonds is 4. The Morgan fingerprint density at radius 3 is 2.69 bits per heavy atom. The van der Waals surface area contributed by atoms with Gasteiger partial charge in [-0.3, -0.25) is 9.59 Å². The van der Waals surface area contributed by atoms with E-state index in [-0.39, 0.29) is 17.9 Å². The number of ketones is 1. The van der Waals surface area contributed by atoms with Crippen molar-refractivity contribution in [1.29, 1.82) is 0 Å². The molecule has 5 heteroatoms. The average Bonchev–Trinajstić information content (AvgIpc) is 2.73. The molecular weight excluding hydrogens is 366 g/mol. The van der Waals surface area contributed by atoms with Gasteiger partial charge in [0.1, 0.15) is 17.8 Å². The highest BCUT2D eigenvalue weighted by molar-refractivity contribution is 6.00. The normalized spacial score (nSPS) is 25.3. The Hall–Kier alpha value is -2.56. The molecule has 1 aromatic rings. The Labute approximate surface area is 172 Å². The Kier molecular flexibility index (Phi) is 5.74. The van der Waals surface area contributed by atoms with Gasteiger partial charge in [-0.1, -0.05) is 25.1 Å². The van der Waals surface area contributed by atoms with Crippen molar-refractivity contribution in [2.45, 2.75) is 63.4 Å². The van der Waals surface area contributed by atoms with Gasteiger partial charge in [-0.25, -0.2) is 0 Å². The number of Topliss-reactive ketones (excluding diaryl/α,β-unsaturated/α-hetero) is 1. The molecule has 29 heavy (non-hydrogen) atoms. The second-order valence-electron chi connectivity index (χ2n) is 8.25. The zero-order valence-corrected chi connectivity index (χ0v) is 17.0. The maximum atomic E-state index is 13.3. The van der Waals surface area contributed by atoms with Gasteiger partial charge in [0.15, 0.2) is 5.78 Å². The van der Waals surface area contributed by atoms with Gasteiger partial charge < -0.3 is 14.8 Å². The van der Waals surface area contributed by atoms with Gasteiger partial charge in [-0.15, -0.1) is 0 Å². The summed E-state index contributed by atoms with van der Waals surface area (Å²) in [4.78, 5) is 26.2. The van der Waals surface area contributed by atoms with Crippen molar-refractivity contribution in [2.75, 3.05) is 7.11 Å². The number of allylic oxidation sites excluding steroid dienone is 2. The first-order valence-corrected chi connectivity index (χ1v) is 10.6. The van der Waals surface area contributed by atoms with Gasteiger partial charge in [0.2, 0.25) is 0 Å². The summed E-state index contributed by atoms with van der Waals surface area (Å²) in [5.41, 5.74) is 3.12. The summed E-state index contributed by atoms with van der Waals surface area (Å²) in [5, 5.41) is 3.28. The van der Waals surface area contributed by atoms with Crippen molar-refractivity contribution < 1.29 is 19.1 Å². The number of hydrogen-bond acceptors (Lipinski definition) is 5. The van der Waals surface area contributed by atoms with Crippen LogP contribution < -0.4 is 10.1 Å². The molecule has 0 aromatic heterocycles. The molecule has 0 saturated heterocycles. The molecule has 0 bridgehead atoms. The summed E-state index contributed by atoms with van der Waals surface area (Å²) in [5.74, 6) is -0.485. The average molecular weight is 395 g/mol. The molecule has 1 N–H and O–H groups in total. The topological polar surface area (TPSA) is 64.6 Å². The third-order valence-corrected chi connectivity index (χ3v) is 6.33. The van der Waals surface area contributed by atoms with E-state index in [1.54, 1.807) is 7.11 Å². The van der Waals surface area contributed by atoms with Crippen molar-refractivity contribution in [3.63, 3.8) is 0 Å². The van der Waals surface area contributed by atoms with Crippen LogP contribution in [-0.2, 0) is 14.3 Å². The molecule has 0 amide bonds. The molecule has 2 atom stereocenters. The van der Waals surface area contributed by atoms with Gasteiger partial charge in [0.25, 0.3) is 0 Å². The first-order chi connectivity index (χ1) is 14.1. The molecular formula is C24H29NO4. The summed E-state index contributed by atoms with van der Waals surface area (Å²) >= 11 is 0. The van der Waals surface area contributed by atoms with E-state index in [0.717, 1.165) is 49.8 Å². The second kappa shape index (κ2) is 8.44. The number of carbonyl (C=O) groups is 2. The Bertz CT molecular complexity index is 850. The maximum Gasteiger partial charge on any atom is 0.316 e. The van der Waals surface area contributed by atoms with Crippen LogP contribution in [0.2, 0.25) is 0 Å². The number of nitrogens with one attached hydrogen (secondary N) is 1. The summed E-state index contributed by atoms with van der Waals surface area (Å²) in [6, 6.07) is 7.64. The largest absolute Gasteiger partial charge is 0.497 e. The van der Waals surface area contributed by atoms with Crippen LogP contribution in [0.15, 0.2) is 47.8 Å². The molecule has 4 rings (SSSR count). The molecule has 0 radical (unpaired) electrons. The van der Waals surface area contributed by atoms with Crippen molar-refractivity contribution in [3.05, 3.63) is 53.4 Å². The quantitative estimate of drug-likeness (QED) is 0.766. The number of methoxy groups -OCH3 is 1. The molecule has 3 aliphatic rings. The van der Waals surface area contributed by atoms with Crippen LogP contribution in [-0.4, -0.2) is 25.0 Å². The molecule has 1 aliphatic heterocycles. The number of benzene rings is 1. The molecule has 1 heterocycles. The van der Waals surface area contributed by atoms with Gasteiger partial charge in [-0.2, -0.15) is 0 Å². The molecule has 154 valence electrons. The fourth-order valence-electron chi connectivity index (χ4n) is 4.89. The van der Waals surface area contributed by atoms with Crippen molar-refractivity contribution in [1.82, 2.24) is 5.32 Å². The minimum Gasteiger partial charge on any atom is -0.497 e. The van der Waals surface area contributed by atoms with Crippen LogP contribution >= 0.6 is 0 Å². The Balaban J connectivity index is 1.73. The number of ether oxygens (including phenoxy) is 2. The third-order valence-electron chi connectivity index (χ3n) is 6.33. The highest BCUT2D eigenvalue weighted by Gasteiger charge is 2.44. The summed E-state index contributed by atoms with van der Waals surface area (Å²) in [6.07, 6.45) is 7.30. The highest BCUT2D eigenvalue weighted by atomic mass is 16.5. The van der Waals surface area contributed by atoms with E-state index in [4.69, 9.17) is 9.47 Å². The summed E-state index contributed by atoms with van der Waals surface area (Å²) in [6.45, 7) is 4.16. The highest BCUT2D eigenvalue weighted by Crippen LogP contribution is 2.45. The lowest BCUT2D eigenvalue weighted by atomic mass is 9.71. The van der Waals surface area contributed by atoms with Crippen LogP contribution in [0.25, 0.3) is 0 Å². The minimum absolute atomic E-state index is 0.0348. The van der Waals surface area contributed by atoms with Gasteiger partial charge in [-0.05, 0) is 56.2 Å². The first kappa shape index (κ1) is 19.7. The zero-order chi connectivity index (χ0) is 20.4. The Morgan fingerprint density at radius 2 is 1.93 bits per heavy atom. The standard InChI is InChI=1S/C24H29NO4/c1-15-21(24(27)29-17-9-4-3-5-10-17)22(16-8-6-11-18(14-16)28-2)23-19(25-15)12-7-13-20(23)26/h6,8,11,14,17,21-22,25H,1,3-5,7,9-10,12-13H2,2H3. The van der Waals surface area contributed by atoms with E-state index in [1.807, 2.05) is 24.3 Å². The van der Waals surface area contributed by atoms with Crippen molar-refractivity contribution >= 4 is 11.8 Å². The lowest BCUT2D eigenvalue weighted by Gasteiger charge is -2.39. The minimum atomic E-state index is -0.621. The summed E-state index contributed by atoms with van der Waals surface area (Å²) in [7, 11) is 1.62. The fourth-order valence-corrected chi connectivity index (χ4v) is 4.89. The van der Waals surface area contributed by atoms with E-state index >= 15 is 0 Å². The van der Waals surface area contributed by atoms with Crippen LogP contribution in [0.4, 0.5) is 0 Å². The lowest BCUT2D eigenvalue weighted by Crippen LogP contribution is -2.42. The monoisotopic (exact) mass is 395 g/mol. The smallest absolute Gasteiger partial charge is 0.316 e. The van der Waals surface area contributed by atoms with E-state index in [2.05, 4.69) is 11.9 Å². The molecule has 2 unspecified atom stereocenters. The van der Waals surface area contributed by atoms with Gasteiger partial charge in [0.05, 0.1) is 7.11 Å². The van der Waals surface area contributed by atoms with E-state index in [9.17, 15) is 9.59 Å². The van der Waals surface area contributed by atoms with Crippen molar-refractivity contribution in [2.24, 2.45) is 5.92 Å². The SMILES string of the molecule is C=C1NC2=C(C(=O)CCC2)C(c2cccc(OC)c2)C1C(=O)OC1CCCCC1. The maximum absolute atomic E-state index is 13.3. The lowest BCUT2D eigenvalue weighted by molar-refractivity contribution is -0.155. The molecule has 1 fully saturated rings. The van der Waals surface area contributed by atoms with Gasteiger partial charge >= 0.3 is 5.97 Å². The van der Waals surface area contributed by atoms with Crippen LogP contribution in [0.3, 0.4) is 0 Å². The van der Waals surface area contributed by atoms with Crippen molar-refractivity contribution in [3.8, 4) is 5.75 Å². The third kappa shape index (κ3) is 3.96. The molecule has 5 nitrogen and oxygen atoms in total. The number of esters is 1. The summed E-state index contributed by atoms with van der Waals surface area (Å²) < 4.78 is 11.3. The van der Waals surface area contributed by atoms with E-state index < -0.39 is 11.8 Å². The Morgan fingerprint density at radius 1 is 1.14 bits per heavy atom. The fraction of sp³-hybridized carbons (Fsp3) is 0.500. The molecule has 2 aliphatic carbocycles.